The molecule has 0 saturated carbocycles. The monoisotopic (exact) mass is 465 g/mol. The SMILES string of the molecule is C=CC(=O)NCCCCOCCN(CCOCCCCNC(=O)C=C)c1cccc(Cl)c1. The van der Waals surface area contributed by atoms with Crippen molar-refractivity contribution in [3.63, 3.8) is 0 Å². The highest BCUT2D eigenvalue weighted by Crippen LogP contribution is 2.19. The maximum absolute atomic E-state index is 11.1. The lowest BCUT2D eigenvalue weighted by Crippen LogP contribution is -2.31. The standard InChI is InChI=1S/C24H36ClN3O4/c1-3-23(29)26-12-5-7-16-31-18-14-28(22-11-9-10-21(25)20-22)15-19-32-17-8-6-13-27-24(30)4-2/h3-4,9-11,20H,1-2,5-8,12-19H2,(H,26,29)(H,27,30). The zero-order valence-corrected chi connectivity index (χ0v) is 19.6. The molecule has 0 aromatic heterocycles. The lowest BCUT2D eigenvalue weighted by molar-refractivity contribution is -0.117. The molecule has 0 aliphatic rings. The van der Waals surface area contributed by atoms with Crippen LogP contribution in [0.3, 0.4) is 0 Å². The fourth-order valence-electron chi connectivity index (χ4n) is 2.82. The molecule has 0 aliphatic heterocycles. The van der Waals surface area contributed by atoms with Gasteiger partial charge in [0, 0.05) is 50.1 Å². The molecule has 7 nitrogen and oxygen atoms in total. The maximum atomic E-state index is 11.1. The molecule has 0 atom stereocenters. The van der Waals surface area contributed by atoms with Crippen LogP contribution in [0.5, 0.6) is 0 Å². The van der Waals surface area contributed by atoms with Gasteiger partial charge in [-0.2, -0.15) is 0 Å². The van der Waals surface area contributed by atoms with Crippen LogP contribution in [0.2, 0.25) is 5.02 Å². The second-order valence-electron chi connectivity index (χ2n) is 7.10. The minimum atomic E-state index is -0.148. The van der Waals surface area contributed by atoms with Crippen molar-refractivity contribution < 1.29 is 19.1 Å². The van der Waals surface area contributed by atoms with Crippen LogP contribution in [-0.4, -0.2) is 64.4 Å². The number of unbranched alkanes of at least 4 members (excludes halogenated alkanes) is 2. The highest BCUT2D eigenvalue weighted by Gasteiger charge is 2.07. The van der Waals surface area contributed by atoms with Gasteiger partial charge in [0.25, 0.3) is 0 Å². The molecule has 0 spiro atoms. The number of rotatable bonds is 19. The lowest BCUT2D eigenvalue weighted by atomic mass is 10.3. The first-order chi connectivity index (χ1) is 15.6. The predicted molar refractivity (Wildman–Crippen MR) is 130 cm³/mol. The summed E-state index contributed by atoms with van der Waals surface area (Å²) in [5, 5.41) is 6.19. The normalized spacial score (nSPS) is 10.4. The molecule has 0 unspecified atom stereocenters. The first-order valence-electron chi connectivity index (χ1n) is 11.0. The fourth-order valence-corrected chi connectivity index (χ4v) is 3.01. The second-order valence-corrected chi connectivity index (χ2v) is 7.53. The van der Waals surface area contributed by atoms with Crippen LogP contribution >= 0.6 is 11.6 Å². The molecule has 0 aliphatic carbocycles. The Morgan fingerprint density at radius 1 is 0.875 bits per heavy atom. The molecule has 178 valence electrons. The number of carbonyl (C=O) groups excluding carboxylic acids is 2. The van der Waals surface area contributed by atoms with E-state index in [2.05, 4.69) is 28.7 Å². The van der Waals surface area contributed by atoms with E-state index < -0.39 is 0 Å². The van der Waals surface area contributed by atoms with Crippen molar-refractivity contribution in [1.29, 1.82) is 0 Å². The summed E-state index contributed by atoms with van der Waals surface area (Å²) in [6, 6.07) is 7.75. The average Bonchev–Trinajstić information content (AvgIpc) is 2.80. The van der Waals surface area contributed by atoms with E-state index in [1.54, 1.807) is 0 Å². The van der Waals surface area contributed by atoms with Gasteiger partial charge in [0.15, 0.2) is 0 Å². The van der Waals surface area contributed by atoms with Crippen LogP contribution in [0.4, 0.5) is 5.69 Å². The average molecular weight is 466 g/mol. The van der Waals surface area contributed by atoms with E-state index in [1.807, 2.05) is 24.3 Å². The number of benzene rings is 1. The summed E-state index contributed by atoms with van der Waals surface area (Å²) in [6.07, 6.45) is 6.03. The van der Waals surface area contributed by atoms with Gasteiger partial charge in [-0.15, -0.1) is 0 Å². The third-order valence-electron chi connectivity index (χ3n) is 4.58. The molecule has 1 rings (SSSR count). The van der Waals surface area contributed by atoms with Crippen molar-refractivity contribution in [1.82, 2.24) is 10.6 Å². The second kappa shape index (κ2) is 18.2. The molecule has 0 fully saturated rings. The summed E-state index contributed by atoms with van der Waals surface area (Å²) in [5.41, 5.74) is 1.03. The van der Waals surface area contributed by atoms with Gasteiger partial charge in [-0.3, -0.25) is 9.59 Å². The van der Waals surface area contributed by atoms with E-state index in [1.165, 1.54) is 12.2 Å². The number of nitrogens with zero attached hydrogens (tertiary/aromatic N) is 1. The van der Waals surface area contributed by atoms with Crippen LogP contribution in [-0.2, 0) is 19.1 Å². The van der Waals surface area contributed by atoms with Crippen LogP contribution in [0.15, 0.2) is 49.6 Å². The molecule has 2 amide bonds. The molecular weight excluding hydrogens is 430 g/mol. The Morgan fingerprint density at radius 3 is 1.88 bits per heavy atom. The fraction of sp³-hybridized carbons (Fsp3) is 0.500. The van der Waals surface area contributed by atoms with Crippen LogP contribution in [0.1, 0.15) is 25.7 Å². The summed E-state index contributed by atoms with van der Waals surface area (Å²) in [5.74, 6) is -0.297. The third-order valence-corrected chi connectivity index (χ3v) is 4.82. The molecule has 0 radical (unpaired) electrons. The number of carbonyl (C=O) groups is 2. The summed E-state index contributed by atoms with van der Waals surface area (Å²) in [6.45, 7) is 12.0. The van der Waals surface area contributed by atoms with Crippen molar-refractivity contribution in [2.75, 3.05) is 57.5 Å². The first kappa shape index (κ1) is 27.7. The minimum absolute atomic E-state index is 0.148. The maximum Gasteiger partial charge on any atom is 0.243 e. The van der Waals surface area contributed by atoms with E-state index in [0.29, 0.717) is 44.5 Å². The van der Waals surface area contributed by atoms with Crippen molar-refractivity contribution in [3.8, 4) is 0 Å². The topological polar surface area (TPSA) is 79.9 Å². The zero-order valence-electron chi connectivity index (χ0n) is 18.8. The van der Waals surface area contributed by atoms with Gasteiger partial charge in [0.1, 0.15) is 0 Å². The summed E-state index contributed by atoms with van der Waals surface area (Å²) in [7, 11) is 0. The molecule has 0 heterocycles. The van der Waals surface area contributed by atoms with E-state index in [4.69, 9.17) is 21.1 Å². The van der Waals surface area contributed by atoms with Gasteiger partial charge >= 0.3 is 0 Å². The van der Waals surface area contributed by atoms with E-state index >= 15 is 0 Å². The number of hydrogen-bond donors (Lipinski definition) is 2. The highest BCUT2D eigenvalue weighted by atomic mass is 35.5. The smallest absolute Gasteiger partial charge is 0.243 e. The Morgan fingerprint density at radius 2 is 1.41 bits per heavy atom. The van der Waals surface area contributed by atoms with Crippen molar-refractivity contribution in [2.24, 2.45) is 0 Å². The first-order valence-corrected chi connectivity index (χ1v) is 11.4. The van der Waals surface area contributed by atoms with Gasteiger partial charge in [0.2, 0.25) is 11.8 Å². The van der Waals surface area contributed by atoms with E-state index in [-0.39, 0.29) is 11.8 Å². The molecule has 0 bridgehead atoms. The van der Waals surface area contributed by atoms with Crippen molar-refractivity contribution in [2.45, 2.75) is 25.7 Å². The molecule has 1 aromatic rings. The molecule has 32 heavy (non-hydrogen) atoms. The summed E-state index contributed by atoms with van der Waals surface area (Å²) < 4.78 is 11.5. The number of nitrogens with one attached hydrogen (secondary N) is 2. The molecule has 1 aromatic carbocycles. The Kier molecular flexibility index (Phi) is 15.8. The number of anilines is 1. The van der Waals surface area contributed by atoms with E-state index in [9.17, 15) is 9.59 Å². The number of hydrogen-bond acceptors (Lipinski definition) is 5. The van der Waals surface area contributed by atoms with Crippen LogP contribution in [0, 0.1) is 0 Å². The quantitative estimate of drug-likeness (QED) is 0.242. The third kappa shape index (κ3) is 13.9. The number of amides is 2. The zero-order chi connectivity index (χ0) is 23.4. The van der Waals surface area contributed by atoms with Crippen LogP contribution in [0.25, 0.3) is 0 Å². The van der Waals surface area contributed by atoms with Gasteiger partial charge in [0.05, 0.1) is 13.2 Å². The molecule has 8 heteroatoms. The number of ether oxygens (including phenoxy) is 2. The minimum Gasteiger partial charge on any atom is -0.380 e. The van der Waals surface area contributed by atoms with Gasteiger partial charge in [-0.05, 0) is 56.0 Å². The Bertz CT molecular complexity index is 664. The van der Waals surface area contributed by atoms with Gasteiger partial charge in [-0.25, -0.2) is 0 Å². The van der Waals surface area contributed by atoms with Gasteiger partial charge < -0.3 is 25.0 Å². The molecule has 0 saturated heterocycles. The summed E-state index contributed by atoms with van der Waals surface area (Å²) >= 11 is 6.16. The Balaban J connectivity index is 2.25. The van der Waals surface area contributed by atoms with Crippen LogP contribution < -0.4 is 15.5 Å². The molecule has 2 N–H and O–H groups in total. The highest BCUT2D eigenvalue weighted by molar-refractivity contribution is 6.30. The Labute approximate surface area is 196 Å². The number of halogens is 1. The van der Waals surface area contributed by atoms with E-state index in [0.717, 1.165) is 44.5 Å². The van der Waals surface area contributed by atoms with Crippen molar-refractivity contribution in [3.05, 3.63) is 54.6 Å². The van der Waals surface area contributed by atoms with Crippen molar-refractivity contribution >= 4 is 29.1 Å². The Hall–Kier alpha value is -2.35. The molecular formula is C24H36ClN3O4. The summed E-state index contributed by atoms with van der Waals surface area (Å²) in [4.78, 5) is 24.4. The lowest BCUT2D eigenvalue weighted by Gasteiger charge is -2.25. The van der Waals surface area contributed by atoms with Gasteiger partial charge in [-0.1, -0.05) is 30.8 Å². The predicted octanol–water partition coefficient (Wildman–Crippen LogP) is 3.34. The largest absolute Gasteiger partial charge is 0.380 e.